The highest BCUT2D eigenvalue weighted by atomic mass is 35.5. The number of esters is 2. The summed E-state index contributed by atoms with van der Waals surface area (Å²) in [6.07, 6.45) is 5.27. The van der Waals surface area contributed by atoms with Crippen molar-refractivity contribution in [3.63, 3.8) is 0 Å². The first-order valence-corrected chi connectivity index (χ1v) is 9.38. The van der Waals surface area contributed by atoms with Gasteiger partial charge in [-0.25, -0.2) is 9.59 Å². The molecule has 1 aliphatic carbocycles. The van der Waals surface area contributed by atoms with Crippen molar-refractivity contribution in [1.29, 1.82) is 0 Å². The van der Waals surface area contributed by atoms with Gasteiger partial charge in [-0.1, -0.05) is 24.1 Å². The number of rotatable bonds is 2. The minimum Gasteiger partial charge on any atom is -0.457 e. The molecule has 0 unspecified atom stereocenters. The monoisotopic (exact) mass is 386 g/mol. The predicted octanol–water partition coefficient (Wildman–Crippen LogP) is 5.05. The van der Waals surface area contributed by atoms with Crippen LogP contribution in [0, 0.1) is 6.92 Å². The van der Waals surface area contributed by atoms with Crippen molar-refractivity contribution in [3.05, 3.63) is 52.3 Å². The molecule has 5 nitrogen and oxygen atoms in total. The summed E-state index contributed by atoms with van der Waals surface area (Å²) in [5.74, 6) is -1.44. The van der Waals surface area contributed by atoms with Crippen molar-refractivity contribution in [1.82, 2.24) is 0 Å². The topological polar surface area (TPSA) is 65.7 Å². The first kappa shape index (κ1) is 17.9. The number of aryl methyl sites for hydroxylation is 1. The van der Waals surface area contributed by atoms with Crippen LogP contribution in [0.4, 0.5) is 0 Å². The summed E-state index contributed by atoms with van der Waals surface area (Å²) < 4.78 is 16.8. The van der Waals surface area contributed by atoms with Gasteiger partial charge in [-0.15, -0.1) is 0 Å². The third-order valence-electron chi connectivity index (χ3n) is 4.99. The normalized spacial score (nSPS) is 19.0. The molecule has 1 aromatic carbocycles. The third-order valence-corrected chi connectivity index (χ3v) is 5.23. The Bertz CT molecular complexity index is 912. The van der Waals surface area contributed by atoms with Crippen molar-refractivity contribution in [2.75, 3.05) is 0 Å². The SMILES string of the molecule is Cc1ccc(Cl)cc1-c1ccc(C=C2C(=O)OC3(CCCCC3)OC2=O)o1. The molecule has 0 N–H and O–H groups in total. The first-order chi connectivity index (χ1) is 13.0. The van der Waals surface area contributed by atoms with Gasteiger partial charge in [0.25, 0.3) is 5.79 Å². The molecular formula is C21H19ClO5. The lowest BCUT2D eigenvalue weighted by atomic mass is 9.93. The Morgan fingerprint density at radius 1 is 1.00 bits per heavy atom. The summed E-state index contributed by atoms with van der Waals surface area (Å²) in [5.41, 5.74) is 1.70. The Morgan fingerprint density at radius 3 is 2.41 bits per heavy atom. The van der Waals surface area contributed by atoms with E-state index in [0.29, 0.717) is 29.4 Å². The Balaban J connectivity index is 1.59. The summed E-state index contributed by atoms with van der Waals surface area (Å²) in [6.45, 7) is 1.95. The lowest BCUT2D eigenvalue weighted by Crippen LogP contribution is -2.47. The van der Waals surface area contributed by atoms with Gasteiger partial charge in [0.2, 0.25) is 0 Å². The zero-order valence-corrected chi connectivity index (χ0v) is 15.7. The Kier molecular flexibility index (Phi) is 4.56. The van der Waals surface area contributed by atoms with E-state index in [-0.39, 0.29) is 5.57 Å². The number of halogens is 1. The highest BCUT2D eigenvalue weighted by molar-refractivity contribution is 6.30. The largest absolute Gasteiger partial charge is 0.457 e. The second kappa shape index (κ2) is 6.89. The van der Waals surface area contributed by atoms with Gasteiger partial charge in [0.15, 0.2) is 0 Å². The molecule has 1 spiro atoms. The Hall–Kier alpha value is -2.53. The molecule has 2 aromatic rings. The molecule has 27 heavy (non-hydrogen) atoms. The standard InChI is InChI=1S/C21H19ClO5/c1-13-5-6-14(22)11-16(13)18-8-7-15(25-18)12-17-19(23)26-21(27-20(17)24)9-3-2-4-10-21/h5-8,11-12H,2-4,9-10H2,1H3. The van der Waals surface area contributed by atoms with Gasteiger partial charge < -0.3 is 13.9 Å². The van der Waals surface area contributed by atoms with Gasteiger partial charge in [-0.3, -0.25) is 0 Å². The summed E-state index contributed by atoms with van der Waals surface area (Å²) in [7, 11) is 0. The second-order valence-corrected chi connectivity index (χ2v) is 7.41. The fourth-order valence-electron chi connectivity index (χ4n) is 3.54. The molecule has 2 fully saturated rings. The Labute approximate surface area is 161 Å². The molecule has 0 radical (unpaired) electrons. The predicted molar refractivity (Wildman–Crippen MR) is 99.9 cm³/mol. The van der Waals surface area contributed by atoms with Crippen molar-refractivity contribution >= 4 is 29.6 Å². The minimum absolute atomic E-state index is 0.157. The minimum atomic E-state index is -1.09. The highest BCUT2D eigenvalue weighted by Gasteiger charge is 2.46. The van der Waals surface area contributed by atoms with E-state index in [2.05, 4.69) is 0 Å². The van der Waals surface area contributed by atoms with Gasteiger partial charge in [0.1, 0.15) is 17.1 Å². The van der Waals surface area contributed by atoms with Crippen LogP contribution in [0.3, 0.4) is 0 Å². The molecular weight excluding hydrogens is 368 g/mol. The molecule has 1 saturated carbocycles. The van der Waals surface area contributed by atoms with Gasteiger partial charge in [-0.05, 0) is 49.6 Å². The van der Waals surface area contributed by atoms with Crippen molar-refractivity contribution < 1.29 is 23.5 Å². The summed E-state index contributed by atoms with van der Waals surface area (Å²) >= 11 is 6.06. The maximum Gasteiger partial charge on any atom is 0.349 e. The van der Waals surface area contributed by atoms with Crippen LogP contribution in [0.1, 0.15) is 43.4 Å². The molecule has 1 saturated heterocycles. The zero-order chi connectivity index (χ0) is 19.0. The van der Waals surface area contributed by atoms with E-state index < -0.39 is 17.7 Å². The Morgan fingerprint density at radius 2 is 1.70 bits per heavy atom. The highest BCUT2D eigenvalue weighted by Crippen LogP contribution is 2.37. The summed E-state index contributed by atoms with van der Waals surface area (Å²) in [5, 5.41) is 0.601. The van der Waals surface area contributed by atoms with Gasteiger partial charge >= 0.3 is 11.9 Å². The van der Waals surface area contributed by atoms with Gasteiger partial charge in [-0.2, -0.15) is 0 Å². The van der Waals surface area contributed by atoms with Crippen LogP contribution in [0.25, 0.3) is 17.4 Å². The number of ether oxygens (including phenoxy) is 2. The zero-order valence-electron chi connectivity index (χ0n) is 14.9. The third kappa shape index (κ3) is 3.52. The van der Waals surface area contributed by atoms with E-state index in [0.717, 1.165) is 30.4 Å². The van der Waals surface area contributed by atoms with Crippen LogP contribution in [0.2, 0.25) is 5.02 Å². The quantitative estimate of drug-likeness (QED) is 0.410. The van der Waals surface area contributed by atoms with Gasteiger partial charge in [0.05, 0.1) is 0 Å². The number of hydrogen-bond donors (Lipinski definition) is 0. The molecule has 0 amide bonds. The van der Waals surface area contributed by atoms with E-state index in [9.17, 15) is 9.59 Å². The maximum atomic E-state index is 12.4. The molecule has 140 valence electrons. The second-order valence-electron chi connectivity index (χ2n) is 6.97. The van der Waals surface area contributed by atoms with Crippen molar-refractivity contribution in [2.45, 2.75) is 44.8 Å². The van der Waals surface area contributed by atoms with E-state index >= 15 is 0 Å². The average Bonchev–Trinajstić information content (AvgIpc) is 3.09. The molecule has 0 atom stereocenters. The van der Waals surface area contributed by atoms with E-state index in [4.69, 9.17) is 25.5 Å². The number of benzene rings is 1. The first-order valence-electron chi connectivity index (χ1n) is 9.01. The summed E-state index contributed by atoms with van der Waals surface area (Å²) in [4.78, 5) is 24.8. The maximum absolute atomic E-state index is 12.4. The smallest absolute Gasteiger partial charge is 0.349 e. The molecule has 0 bridgehead atoms. The van der Waals surface area contributed by atoms with Crippen LogP contribution in [-0.4, -0.2) is 17.7 Å². The molecule has 1 aliphatic heterocycles. The van der Waals surface area contributed by atoms with Crippen molar-refractivity contribution in [2.24, 2.45) is 0 Å². The fourth-order valence-corrected chi connectivity index (χ4v) is 3.71. The fraction of sp³-hybridized carbons (Fsp3) is 0.333. The van der Waals surface area contributed by atoms with Crippen LogP contribution in [-0.2, 0) is 19.1 Å². The van der Waals surface area contributed by atoms with Crippen LogP contribution in [0.15, 0.2) is 40.3 Å². The number of carbonyl (C=O) groups excluding carboxylic acids is 2. The van der Waals surface area contributed by atoms with Crippen molar-refractivity contribution in [3.8, 4) is 11.3 Å². The van der Waals surface area contributed by atoms with E-state index in [1.54, 1.807) is 18.2 Å². The lowest BCUT2D eigenvalue weighted by molar-refractivity contribution is -0.244. The van der Waals surface area contributed by atoms with E-state index in [1.165, 1.54) is 6.08 Å². The molecule has 2 aliphatic rings. The molecule has 6 heteroatoms. The average molecular weight is 387 g/mol. The number of hydrogen-bond acceptors (Lipinski definition) is 5. The van der Waals surface area contributed by atoms with Crippen LogP contribution >= 0.6 is 11.6 Å². The van der Waals surface area contributed by atoms with E-state index in [1.807, 2.05) is 19.1 Å². The van der Waals surface area contributed by atoms with Crippen LogP contribution in [0.5, 0.6) is 0 Å². The number of furan rings is 1. The molecule has 1 aromatic heterocycles. The van der Waals surface area contributed by atoms with Crippen LogP contribution < -0.4 is 0 Å². The summed E-state index contributed by atoms with van der Waals surface area (Å²) in [6, 6.07) is 8.98. The molecule has 2 heterocycles. The number of carbonyl (C=O) groups is 2. The molecule has 4 rings (SSSR count). The van der Waals surface area contributed by atoms with Gasteiger partial charge in [0, 0.05) is 29.5 Å². The lowest BCUT2D eigenvalue weighted by Gasteiger charge is -2.38.